The van der Waals surface area contributed by atoms with Crippen LogP contribution in [0.1, 0.15) is 63.8 Å². The van der Waals surface area contributed by atoms with E-state index in [1.807, 2.05) is 12.1 Å². The number of ether oxygens (including phenoxy) is 2. The van der Waals surface area contributed by atoms with Crippen LogP contribution >= 0.6 is 0 Å². The van der Waals surface area contributed by atoms with Gasteiger partial charge in [0.25, 0.3) is 0 Å². The minimum atomic E-state index is -0.390. The Labute approximate surface area is 190 Å². The first-order valence-corrected chi connectivity index (χ1v) is 11.0. The van der Waals surface area contributed by atoms with Gasteiger partial charge in [0, 0.05) is 29.4 Å². The Balaban J connectivity index is 2.18. The van der Waals surface area contributed by atoms with Crippen molar-refractivity contribution < 1.29 is 19.1 Å². The Morgan fingerprint density at radius 3 is 2.16 bits per heavy atom. The summed E-state index contributed by atoms with van der Waals surface area (Å²) in [6, 6.07) is 10.0. The molecule has 0 fully saturated rings. The van der Waals surface area contributed by atoms with Crippen LogP contribution in [0.5, 0.6) is 5.75 Å². The molecule has 32 heavy (non-hydrogen) atoms. The highest BCUT2D eigenvalue weighted by Crippen LogP contribution is 2.45. The highest BCUT2D eigenvalue weighted by Gasteiger charge is 2.33. The summed E-state index contributed by atoms with van der Waals surface area (Å²) in [5.74, 6) is -0.267. The summed E-state index contributed by atoms with van der Waals surface area (Å²) in [7, 11) is 0. The van der Waals surface area contributed by atoms with Gasteiger partial charge in [-0.3, -0.25) is 4.79 Å². The van der Waals surface area contributed by atoms with Gasteiger partial charge >= 0.3 is 11.9 Å². The number of benzene rings is 2. The first-order valence-electron chi connectivity index (χ1n) is 11.0. The third kappa shape index (κ3) is 4.85. The minimum absolute atomic E-state index is 0.0584. The molecule has 0 atom stereocenters. The quantitative estimate of drug-likeness (QED) is 0.241. The first kappa shape index (κ1) is 23.5. The highest BCUT2D eigenvalue weighted by molar-refractivity contribution is 5.88. The summed E-state index contributed by atoms with van der Waals surface area (Å²) in [4.78, 5) is 23.5. The molecule has 0 amide bonds. The van der Waals surface area contributed by atoms with E-state index in [2.05, 4.69) is 58.9 Å². The Morgan fingerprint density at radius 1 is 0.938 bits per heavy atom. The summed E-state index contributed by atoms with van der Waals surface area (Å²) in [6.07, 6.45) is 7.66. The third-order valence-electron chi connectivity index (χ3n) is 5.92. The lowest BCUT2D eigenvalue weighted by Crippen LogP contribution is -2.29. The summed E-state index contributed by atoms with van der Waals surface area (Å²) in [5, 5.41) is 0. The van der Waals surface area contributed by atoms with E-state index in [0.29, 0.717) is 12.4 Å². The van der Waals surface area contributed by atoms with Gasteiger partial charge in [-0.1, -0.05) is 52.0 Å². The third-order valence-corrected chi connectivity index (χ3v) is 5.92. The average Bonchev–Trinajstić information content (AvgIpc) is 2.70. The minimum Gasteiger partial charge on any atom is -0.463 e. The zero-order valence-electron chi connectivity index (χ0n) is 20.0. The number of hydrogen-bond acceptors (Lipinski definition) is 4. The first-order chi connectivity index (χ1) is 14.9. The lowest BCUT2D eigenvalue weighted by atomic mass is 9.67. The van der Waals surface area contributed by atoms with Crippen LogP contribution in [0.4, 0.5) is 0 Å². The van der Waals surface area contributed by atoms with Crippen molar-refractivity contribution in [2.75, 3.05) is 6.61 Å². The largest absolute Gasteiger partial charge is 0.463 e. The molecule has 0 saturated carbocycles. The maximum absolute atomic E-state index is 11.8. The average molecular weight is 433 g/mol. The standard InChI is InChI=1S/C28H32O4/c1-8-31-26(30)12-10-20-9-11-25(32-19(3)29)22(16-20)21-17-24-23(15-18(21)2)27(4,5)13-14-28(24,6)7/h9-17H,8H2,1-7H3/b12-10+. The molecule has 168 valence electrons. The Hall–Kier alpha value is -3.14. The maximum Gasteiger partial charge on any atom is 0.330 e. The molecule has 0 N–H and O–H groups in total. The predicted molar refractivity (Wildman–Crippen MR) is 129 cm³/mol. The number of fused-ring (bicyclic) bond motifs is 1. The van der Waals surface area contributed by atoms with Gasteiger partial charge in [0.15, 0.2) is 0 Å². The van der Waals surface area contributed by atoms with Gasteiger partial charge in [0.1, 0.15) is 5.75 Å². The molecule has 0 bridgehead atoms. The summed E-state index contributed by atoms with van der Waals surface area (Å²) in [6.45, 7) is 14.4. The Kier molecular flexibility index (Phi) is 6.45. The predicted octanol–water partition coefficient (Wildman–Crippen LogP) is 6.29. The summed E-state index contributed by atoms with van der Waals surface area (Å²) < 4.78 is 10.5. The zero-order chi connectivity index (χ0) is 23.7. The van der Waals surface area contributed by atoms with Crippen LogP contribution in [0.15, 0.2) is 48.6 Å². The van der Waals surface area contributed by atoms with E-state index in [1.54, 1.807) is 19.1 Å². The van der Waals surface area contributed by atoms with Gasteiger partial charge in [-0.15, -0.1) is 0 Å². The van der Waals surface area contributed by atoms with Crippen LogP contribution in [0.3, 0.4) is 0 Å². The van der Waals surface area contributed by atoms with Gasteiger partial charge in [-0.2, -0.15) is 0 Å². The Morgan fingerprint density at radius 2 is 1.56 bits per heavy atom. The van der Waals surface area contributed by atoms with Crippen molar-refractivity contribution >= 4 is 18.0 Å². The maximum atomic E-state index is 11.8. The molecule has 0 aliphatic heterocycles. The molecule has 1 aliphatic carbocycles. The van der Waals surface area contributed by atoms with Crippen LogP contribution < -0.4 is 4.74 Å². The zero-order valence-corrected chi connectivity index (χ0v) is 20.0. The molecule has 0 radical (unpaired) electrons. The second-order valence-electron chi connectivity index (χ2n) is 9.42. The van der Waals surface area contributed by atoms with Crippen LogP contribution in [0.2, 0.25) is 0 Å². The van der Waals surface area contributed by atoms with E-state index >= 15 is 0 Å². The van der Waals surface area contributed by atoms with Gasteiger partial charge in [-0.25, -0.2) is 4.79 Å². The number of esters is 2. The van der Waals surface area contributed by atoms with Gasteiger partial charge in [-0.05, 0) is 65.9 Å². The van der Waals surface area contributed by atoms with Crippen LogP contribution in [-0.4, -0.2) is 18.5 Å². The van der Waals surface area contributed by atoms with E-state index < -0.39 is 0 Å². The van der Waals surface area contributed by atoms with E-state index in [-0.39, 0.29) is 22.8 Å². The molecule has 0 aromatic heterocycles. The number of carbonyl (C=O) groups excluding carboxylic acids is 2. The molecule has 2 aromatic carbocycles. The molecule has 0 heterocycles. The van der Waals surface area contributed by atoms with Gasteiger partial charge in [0.2, 0.25) is 0 Å². The SMILES string of the molecule is CCOC(=O)/C=C/c1ccc(OC(C)=O)c(-c2cc3c(cc2C)C(C)(C)C=CC3(C)C)c1. The second kappa shape index (κ2) is 8.78. The molecule has 0 spiro atoms. The molecule has 3 rings (SSSR count). The van der Waals surface area contributed by atoms with Gasteiger partial charge < -0.3 is 9.47 Å². The smallest absolute Gasteiger partial charge is 0.330 e. The molecule has 1 aliphatic rings. The number of rotatable bonds is 5. The molecular formula is C28H32O4. The van der Waals surface area contributed by atoms with E-state index in [4.69, 9.17) is 9.47 Å². The van der Waals surface area contributed by atoms with Crippen molar-refractivity contribution in [2.45, 2.75) is 59.3 Å². The second-order valence-corrected chi connectivity index (χ2v) is 9.42. The summed E-state index contributed by atoms with van der Waals surface area (Å²) in [5.41, 5.74) is 6.13. The van der Waals surface area contributed by atoms with Crippen molar-refractivity contribution in [1.82, 2.24) is 0 Å². The van der Waals surface area contributed by atoms with Crippen molar-refractivity contribution in [3.63, 3.8) is 0 Å². The van der Waals surface area contributed by atoms with Crippen LogP contribution in [0, 0.1) is 6.92 Å². The van der Waals surface area contributed by atoms with E-state index in [0.717, 1.165) is 22.3 Å². The fraction of sp³-hybridized carbons (Fsp3) is 0.357. The number of aryl methyl sites for hydroxylation is 1. The highest BCUT2D eigenvalue weighted by atomic mass is 16.5. The van der Waals surface area contributed by atoms with Crippen molar-refractivity contribution in [3.05, 3.63) is 70.8 Å². The molecule has 4 nitrogen and oxygen atoms in total. The van der Waals surface area contributed by atoms with E-state index in [9.17, 15) is 9.59 Å². The normalized spacial score (nSPS) is 16.0. The molecule has 0 saturated heterocycles. The molecule has 4 heteroatoms. The topological polar surface area (TPSA) is 52.6 Å². The van der Waals surface area contributed by atoms with Crippen molar-refractivity contribution in [2.24, 2.45) is 0 Å². The number of hydrogen-bond donors (Lipinski definition) is 0. The summed E-state index contributed by atoms with van der Waals surface area (Å²) >= 11 is 0. The molecule has 2 aromatic rings. The van der Waals surface area contributed by atoms with E-state index in [1.165, 1.54) is 24.1 Å². The van der Waals surface area contributed by atoms with Crippen LogP contribution in [-0.2, 0) is 25.2 Å². The molecular weight excluding hydrogens is 400 g/mol. The van der Waals surface area contributed by atoms with Crippen molar-refractivity contribution in [3.8, 4) is 16.9 Å². The van der Waals surface area contributed by atoms with Crippen molar-refractivity contribution in [1.29, 1.82) is 0 Å². The lowest BCUT2D eigenvalue weighted by Gasteiger charge is -2.37. The van der Waals surface area contributed by atoms with Gasteiger partial charge in [0.05, 0.1) is 6.61 Å². The number of allylic oxidation sites excluding steroid dienone is 2. The fourth-order valence-corrected chi connectivity index (χ4v) is 4.12. The Bertz CT molecular complexity index is 1120. The number of carbonyl (C=O) groups is 2. The monoisotopic (exact) mass is 432 g/mol. The lowest BCUT2D eigenvalue weighted by molar-refractivity contribution is -0.137. The molecule has 0 unspecified atom stereocenters. The van der Waals surface area contributed by atoms with Crippen LogP contribution in [0.25, 0.3) is 17.2 Å². The fourth-order valence-electron chi connectivity index (χ4n) is 4.12.